The standard InChI is InChI=1S/C28H44N2O5P/c1-5-9-21-30(22-10-6-2)28-16-14-26(15-17-28)12-13-27-18-23-29(24-19-27)20-11-25-36(31,34-32-7-3)35-33-8-4/h12-19,23-24H,5-11,20-22,25H2,1-4H3/q+1. The van der Waals surface area contributed by atoms with Crippen LogP contribution in [0.2, 0.25) is 0 Å². The van der Waals surface area contributed by atoms with E-state index in [1.165, 1.54) is 36.9 Å². The number of hydrogen-bond donors (Lipinski definition) is 0. The van der Waals surface area contributed by atoms with Gasteiger partial charge in [0.05, 0.1) is 19.4 Å². The molecule has 0 bridgehead atoms. The zero-order valence-electron chi connectivity index (χ0n) is 22.4. The highest BCUT2D eigenvalue weighted by atomic mass is 31.2. The van der Waals surface area contributed by atoms with Crippen molar-refractivity contribution in [3.05, 3.63) is 59.9 Å². The summed E-state index contributed by atoms with van der Waals surface area (Å²) in [7, 11) is -3.44. The van der Waals surface area contributed by atoms with Crippen LogP contribution in [0.5, 0.6) is 0 Å². The van der Waals surface area contributed by atoms with Gasteiger partial charge in [0.2, 0.25) is 0 Å². The van der Waals surface area contributed by atoms with Crippen molar-refractivity contribution in [3.8, 4) is 0 Å². The fourth-order valence-corrected chi connectivity index (χ4v) is 4.82. The lowest BCUT2D eigenvalue weighted by Gasteiger charge is -2.24. The molecule has 0 aliphatic heterocycles. The average Bonchev–Trinajstić information content (AvgIpc) is 2.91. The van der Waals surface area contributed by atoms with E-state index >= 15 is 0 Å². The third kappa shape index (κ3) is 11.4. The van der Waals surface area contributed by atoms with Gasteiger partial charge in [-0.1, -0.05) is 51.0 Å². The topological polar surface area (TPSA) is 61.1 Å². The third-order valence-corrected chi connectivity index (χ3v) is 7.15. The Morgan fingerprint density at radius 1 is 0.778 bits per heavy atom. The number of aryl methyl sites for hydroxylation is 1. The Balaban J connectivity index is 1.89. The van der Waals surface area contributed by atoms with Crippen molar-refractivity contribution in [1.82, 2.24) is 0 Å². The molecule has 36 heavy (non-hydrogen) atoms. The monoisotopic (exact) mass is 519 g/mol. The summed E-state index contributed by atoms with van der Waals surface area (Å²) in [6, 6.07) is 13.0. The molecule has 0 spiro atoms. The lowest BCUT2D eigenvalue weighted by Crippen LogP contribution is -2.33. The first-order chi connectivity index (χ1) is 17.5. The van der Waals surface area contributed by atoms with Crippen molar-refractivity contribution < 1.29 is 28.3 Å². The van der Waals surface area contributed by atoms with Gasteiger partial charge in [0.25, 0.3) is 0 Å². The number of rotatable bonds is 19. The van der Waals surface area contributed by atoms with Gasteiger partial charge in [-0.15, -0.1) is 9.35 Å². The lowest BCUT2D eigenvalue weighted by atomic mass is 10.1. The Kier molecular flexibility index (Phi) is 14.6. The highest BCUT2D eigenvalue weighted by Gasteiger charge is 2.28. The van der Waals surface area contributed by atoms with E-state index in [2.05, 4.69) is 67.3 Å². The van der Waals surface area contributed by atoms with Crippen molar-refractivity contribution in [3.63, 3.8) is 0 Å². The molecule has 0 radical (unpaired) electrons. The van der Waals surface area contributed by atoms with Gasteiger partial charge in [0, 0.05) is 37.3 Å². The van der Waals surface area contributed by atoms with Crippen LogP contribution in [-0.4, -0.2) is 32.5 Å². The Bertz CT molecular complexity index is 899. The van der Waals surface area contributed by atoms with E-state index in [4.69, 9.17) is 19.1 Å². The summed E-state index contributed by atoms with van der Waals surface area (Å²) >= 11 is 0. The Morgan fingerprint density at radius 2 is 1.31 bits per heavy atom. The van der Waals surface area contributed by atoms with Crippen LogP contribution in [0.4, 0.5) is 5.69 Å². The number of nitrogens with zero attached hydrogens (tertiary/aromatic N) is 2. The second-order valence-corrected chi connectivity index (χ2v) is 10.6. The number of anilines is 1. The number of unbranched alkanes of at least 4 members (excludes halogenated alkanes) is 2. The Hall–Kier alpha value is -2.02. The first kappa shape index (κ1) is 30.2. The minimum atomic E-state index is -3.44. The molecule has 200 valence electrons. The highest BCUT2D eigenvalue weighted by Crippen LogP contribution is 2.49. The lowest BCUT2D eigenvalue weighted by molar-refractivity contribution is -0.696. The van der Waals surface area contributed by atoms with Crippen LogP contribution in [-0.2, 0) is 30.2 Å². The van der Waals surface area contributed by atoms with Crippen molar-refractivity contribution >= 4 is 25.4 Å². The van der Waals surface area contributed by atoms with Gasteiger partial charge in [0.15, 0.2) is 12.4 Å². The van der Waals surface area contributed by atoms with Crippen LogP contribution in [0.25, 0.3) is 12.2 Å². The molecule has 2 rings (SSSR count). The van der Waals surface area contributed by atoms with E-state index in [0.29, 0.717) is 13.0 Å². The normalized spacial score (nSPS) is 11.9. The average molecular weight is 520 g/mol. The molecule has 0 aliphatic carbocycles. The third-order valence-electron chi connectivity index (χ3n) is 5.62. The maximum absolute atomic E-state index is 12.6. The summed E-state index contributed by atoms with van der Waals surface area (Å²) in [5.41, 5.74) is 3.60. The van der Waals surface area contributed by atoms with Crippen LogP contribution >= 0.6 is 7.60 Å². The minimum Gasteiger partial charge on any atom is -0.372 e. The predicted molar refractivity (Wildman–Crippen MR) is 147 cm³/mol. The molecule has 0 unspecified atom stereocenters. The largest absolute Gasteiger partial charge is 0.384 e. The minimum absolute atomic E-state index is 0.200. The highest BCUT2D eigenvalue weighted by molar-refractivity contribution is 7.53. The van der Waals surface area contributed by atoms with Crippen LogP contribution in [0.15, 0.2) is 48.8 Å². The summed E-state index contributed by atoms with van der Waals surface area (Å²) < 4.78 is 24.6. The molecule has 0 N–H and O–H groups in total. The van der Waals surface area contributed by atoms with E-state index in [-0.39, 0.29) is 19.4 Å². The smallest absolute Gasteiger partial charge is 0.372 e. The molecule has 7 nitrogen and oxygen atoms in total. The SMILES string of the molecule is CCCCN(CCCC)c1ccc(/C=C/c2cc[n+](CCCP(=O)(OOCC)OOCC)cc2)cc1. The van der Waals surface area contributed by atoms with Gasteiger partial charge in [-0.25, -0.2) is 14.3 Å². The molecule has 0 atom stereocenters. The molecule has 0 saturated carbocycles. The second kappa shape index (κ2) is 17.4. The molecule has 0 fully saturated rings. The van der Waals surface area contributed by atoms with Crippen molar-refractivity contribution in [2.75, 3.05) is 37.4 Å². The Labute approximate surface area is 217 Å². The molecule has 0 aliphatic rings. The number of hydrogen-bond acceptors (Lipinski definition) is 6. The summed E-state index contributed by atoms with van der Waals surface area (Å²) in [5.74, 6) is 0. The summed E-state index contributed by atoms with van der Waals surface area (Å²) in [6.45, 7) is 11.5. The van der Waals surface area contributed by atoms with Crippen molar-refractivity contribution in [1.29, 1.82) is 0 Å². The molecule has 1 aromatic heterocycles. The number of benzene rings is 1. The predicted octanol–water partition coefficient (Wildman–Crippen LogP) is 7.07. The van der Waals surface area contributed by atoms with Crippen molar-refractivity contribution in [2.45, 2.75) is 66.3 Å². The fraction of sp³-hybridized carbons (Fsp3) is 0.536. The van der Waals surface area contributed by atoms with E-state index in [1.807, 2.05) is 17.0 Å². The molecule has 1 heterocycles. The van der Waals surface area contributed by atoms with Crippen LogP contribution in [0.3, 0.4) is 0 Å². The number of aromatic nitrogens is 1. The number of pyridine rings is 1. The zero-order valence-corrected chi connectivity index (χ0v) is 23.3. The van der Waals surface area contributed by atoms with Crippen LogP contribution in [0.1, 0.15) is 70.9 Å². The first-order valence-corrected chi connectivity index (χ1v) is 15.0. The molecule has 2 aromatic rings. The van der Waals surface area contributed by atoms with Gasteiger partial charge in [-0.2, -0.15) is 0 Å². The van der Waals surface area contributed by atoms with Crippen LogP contribution in [0, 0.1) is 0 Å². The van der Waals surface area contributed by atoms with Crippen molar-refractivity contribution in [2.24, 2.45) is 0 Å². The summed E-state index contributed by atoms with van der Waals surface area (Å²) in [4.78, 5) is 12.2. The van der Waals surface area contributed by atoms with Gasteiger partial charge in [0.1, 0.15) is 6.54 Å². The van der Waals surface area contributed by atoms with Crippen LogP contribution < -0.4 is 9.47 Å². The molecular formula is C28H44N2O5P+. The first-order valence-electron chi connectivity index (χ1n) is 13.3. The fourth-order valence-electron chi connectivity index (χ4n) is 3.59. The maximum Gasteiger partial charge on any atom is 0.384 e. The van der Waals surface area contributed by atoms with E-state index in [9.17, 15) is 4.57 Å². The molecule has 1 aromatic carbocycles. The zero-order chi connectivity index (χ0) is 26.1. The van der Waals surface area contributed by atoms with E-state index in [0.717, 1.165) is 18.7 Å². The quantitative estimate of drug-likeness (QED) is 0.0856. The second-order valence-electron chi connectivity index (χ2n) is 8.64. The van der Waals surface area contributed by atoms with E-state index in [1.54, 1.807) is 13.8 Å². The molecule has 0 amide bonds. The Morgan fingerprint density at radius 3 is 1.81 bits per heavy atom. The molecule has 0 saturated heterocycles. The molecule has 8 heteroatoms. The van der Waals surface area contributed by atoms with Gasteiger partial charge >= 0.3 is 7.60 Å². The summed E-state index contributed by atoms with van der Waals surface area (Å²) in [5, 5.41) is 0. The molecular weight excluding hydrogens is 475 g/mol. The summed E-state index contributed by atoms with van der Waals surface area (Å²) in [6.07, 6.45) is 14.0. The van der Waals surface area contributed by atoms with E-state index < -0.39 is 7.60 Å². The van der Waals surface area contributed by atoms with Gasteiger partial charge in [-0.05, 0) is 49.9 Å². The van der Waals surface area contributed by atoms with Gasteiger partial charge in [-0.3, -0.25) is 4.57 Å². The maximum atomic E-state index is 12.6. The van der Waals surface area contributed by atoms with Gasteiger partial charge < -0.3 is 4.90 Å².